The summed E-state index contributed by atoms with van der Waals surface area (Å²) in [6.07, 6.45) is 5.05. The Bertz CT molecular complexity index is 432. The maximum atomic E-state index is 10.9. The average Bonchev–Trinajstić information content (AvgIpc) is 2.12. The van der Waals surface area contributed by atoms with Crippen LogP contribution in [0, 0.1) is 0 Å². The molecule has 0 amide bonds. The number of rotatable bonds is 8. The molecule has 0 aliphatic rings. The van der Waals surface area contributed by atoms with Crippen molar-refractivity contribution in [2.75, 3.05) is 6.61 Å². The molecule has 7 nitrogen and oxygen atoms in total. The summed E-state index contributed by atoms with van der Waals surface area (Å²) >= 11 is 0. The van der Waals surface area contributed by atoms with E-state index in [0.717, 1.165) is 18.4 Å². The van der Waals surface area contributed by atoms with Gasteiger partial charge in [-0.05, 0) is 33.6 Å². The third-order valence-electron chi connectivity index (χ3n) is 1.96. The zero-order chi connectivity index (χ0) is 15.1. The molecule has 0 fully saturated rings. The topological polar surface area (TPSA) is 122 Å². The van der Waals surface area contributed by atoms with Gasteiger partial charge in [0.25, 0.3) is 7.82 Å². The Morgan fingerprint density at radius 2 is 1.65 bits per heavy atom. The third kappa shape index (κ3) is 14.2. The molecule has 0 bridgehead atoms. The Morgan fingerprint density at radius 3 is 2.10 bits per heavy atom. The van der Waals surface area contributed by atoms with Gasteiger partial charge in [0.1, 0.15) is 0 Å². The minimum Gasteiger partial charge on any atom is -0.790 e. The largest absolute Gasteiger partial charge is 0.790 e. The fourth-order valence-corrected chi connectivity index (χ4v) is 2.53. The van der Waals surface area contributed by atoms with Crippen LogP contribution in [0.2, 0.25) is 0 Å². The molecular weight excluding hydrogens is 306 g/mol. The first-order valence-electron chi connectivity index (χ1n) is 5.50. The van der Waals surface area contributed by atoms with Crippen molar-refractivity contribution in [3.8, 4) is 0 Å². The molecule has 0 aromatic carbocycles. The van der Waals surface area contributed by atoms with Gasteiger partial charge in [-0.1, -0.05) is 30.7 Å². The van der Waals surface area contributed by atoms with E-state index in [-0.39, 0.29) is 14.0 Å². The molecule has 0 aliphatic carbocycles. The Kier molecular flexibility index (Phi) is 10.6. The van der Waals surface area contributed by atoms with E-state index < -0.39 is 15.6 Å². The first kappa shape index (κ1) is 22.0. The summed E-state index contributed by atoms with van der Waals surface area (Å²) in [6, 6.07) is 0. The first-order valence-corrected chi connectivity index (χ1v) is 8.42. The molecule has 20 heavy (non-hydrogen) atoms. The van der Waals surface area contributed by atoms with E-state index in [2.05, 4.69) is 8.83 Å². The van der Waals surface area contributed by atoms with Gasteiger partial charge in [-0.3, -0.25) is 8.88 Å². The Labute approximate surface area is 120 Å². The van der Waals surface area contributed by atoms with Crippen molar-refractivity contribution >= 4 is 15.6 Å². The van der Waals surface area contributed by atoms with Gasteiger partial charge in [-0.25, -0.2) is 0 Å². The smallest absolute Gasteiger partial charge is 0.272 e. The Balaban J connectivity index is 0. The second-order valence-electron chi connectivity index (χ2n) is 4.14. The predicted molar refractivity (Wildman–Crippen MR) is 71.4 cm³/mol. The predicted octanol–water partition coefficient (Wildman–Crippen LogP) is 1.65. The lowest BCUT2D eigenvalue weighted by Gasteiger charge is -2.34. The number of allylic oxidation sites excluding steroid dienone is 3. The summed E-state index contributed by atoms with van der Waals surface area (Å²) in [5.74, 6) is 0. The van der Waals surface area contributed by atoms with Crippen LogP contribution < -0.4 is 14.7 Å². The van der Waals surface area contributed by atoms with E-state index in [1.165, 1.54) is 11.6 Å². The number of phosphoric acid groups is 2. The van der Waals surface area contributed by atoms with Crippen LogP contribution in [-0.4, -0.2) is 6.61 Å². The molecule has 0 rings (SSSR count). The highest BCUT2D eigenvalue weighted by Crippen LogP contribution is 2.50. The lowest BCUT2D eigenvalue weighted by Crippen LogP contribution is -2.19. The normalized spacial score (nSPS) is 15.2. The minimum atomic E-state index is -5.61. The SMILES string of the molecule is C.CC(C)=CCC/C(C)=C/COP(=O)([O-])OP(=O)([O-])[O-]. The van der Waals surface area contributed by atoms with E-state index in [0.29, 0.717) is 0 Å². The summed E-state index contributed by atoms with van der Waals surface area (Å²) in [5, 5.41) is 0. The van der Waals surface area contributed by atoms with Crippen LogP contribution in [0.4, 0.5) is 0 Å². The minimum absolute atomic E-state index is 0. The molecule has 9 heteroatoms. The maximum absolute atomic E-state index is 10.9. The number of phosphoric ester groups is 1. The highest BCUT2D eigenvalue weighted by Gasteiger charge is 2.10. The van der Waals surface area contributed by atoms with E-state index in [4.69, 9.17) is 0 Å². The zero-order valence-corrected chi connectivity index (χ0v) is 12.8. The number of hydrogen-bond donors (Lipinski definition) is 0. The fraction of sp³-hybridized carbons (Fsp3) is 0.636. The molecular formula is C11H21O7P2-3. The molecule has 1 atom stereocenters. The van der Waals surface area contributed by atoms with Crippen molar-refractivity contribution in [2.24, 2.45) is 0 Å². The van der Waals surface area contributed by atoms with Crippen molar-refractivity contribution in [3.05, 3.63) is 23.3 Å². The molecule has 0 spiro atoms. The van der Waals surface area contributed by atoms with Gasteiger partial charge in [-0.2, -0.15) is 0 Å². The van der Waals surface area contributed by atoms with Gasteiger partial charge in [0, 0.05) is 0 Å². The molecule has 0 aromatic heterocycles. The van der Waals surface area contributed by atoms with Crippen LogP contribution in [0.15, 0.2) is 23.3 Å². The molecule has 1 unspecified atom stereocenters. The van der Waals surface area contributed by atoms with E-state index in [1.807, 2.05) is 19.9 Å². The van der Waals surface area contributed by atoms with Crippen LogP contribution >= 0.6 is 15.6 Å². The van der Waals surface area contributed by atoms with Gasteiger partial charge < -0.3 is 23.8 Å². The van der Waals surface area contributed by atoms with Gasteiger partial charge in [0.05, 0.1) is 14.4 Å². The molecule has 120 valence electrons. The standard InChI is InChI=1S/C10H20O7P2.CH4/c1-9(2)5-4-6-10(3)7-8-16-19(14,15)17-18(11,12)13;/h5,7H,4,6,8H2,1-3H3,(H,14,15)(H2,11,12,13);1H4/p-3/b10-7+;. The molecule has 0 radical (unpaired) electrons. The quantitative estimate of drug-likeness (QED) is 0.490. The zero-order valence-electron chi connectivity index (χ0n) is 11.0. The average molecular weight is 327 g/mol. The second-order valence-corrected chi connectivity index (χ2v) is 6.84. The van der Waals surface area contributed by atoms with Crippen molar-refractivity contribution in [1.82, 2.24) is 0 Å². The summed E-state index contributed by atoms with van der Waals surface area (Å²) in [4.78, 5) is 31.2. The summed E-state index contributed by atoms with van der Waals surface area (Å²) < 4.78 is 28.5. The molecule has 0 N–H and O–H groups in total. The monoisotopic (exact) mass is 327 g/mol. The molecule has 0 heterocycles. The van der Waals surface area contributed by atoms with Gasteiger partial charge in [0.15, 0.2) is 0 Å². The lowest BCUT2D eigenvalue weighted by atomic mass is 10.1. The van der Waals surface area contributed by atoms with E-state index >= 15 is 0 Å². The van der Waals surface area contributed by atoms with Crippen molar-refractivity contribution in [1.29, 1.82) is 0 Å². The third-order valence-corrected chi connectivity index (χ3v) is 4.02. The number of hydrogen-bond acceptors (Lipinski definition) is 7. The first-order chi connectivity index (χ1) is 8.52. The van der Waals surface area contributed by atoms with Gasteiger partial charge >= 0.3 is 0 Å². The maximum Gasteiger partial charge on any atom is 0.272 e. The van der Waals surface area contributed by atoms with Crippen molar-refractivity contribution < 1.29 is 32.6 Å². The van der Waals surface area contributed by atoms with Crippen LogP contribution in [0.3, 0.4) is 0 Å². The van der Waals surface area contributed by atoms with Gasteiger partial charge in [0.2, 0.25) is 0 Å². The molecule has 0 aromatic rings. The van der Waals surface area contributed by atoms with Crippen molar-refractivity contribution in [3.63, 3.8) is 0 Å². The van der Waals surface area contributed by atoms with Crippen LogP contribution in [0.5, 0.6) is 0 Å². The van der Waals surface area contributed by atoms with Crippen LogP contribution in [-0.2, 0) is 18.0 Å². The molecule has 0 saturated heterocycles. The van der Waals surface area contributed by atoms with Gasteiger partial charge in [-0.15, -0.1) is 0 Å². The fourth-order valence-electron chi connectivity index (χ4n) is 1.11. The molecule has 0 saturated carbocycles. The summed E-state index contributed by atoms with van der Waals surface area (Å²) in [5.41, 5.74) is 2.06. The Morgan fingerprint density at radius 1 is 1.10 bits per heavy atom. The second kappa shape index (κ2) is 9.64. The van der Waals surface area contributed by atoms with E-state index in [1.54, 1.807) is 6.92 Å². The highest BCUT2D eigenvalue weighted by molar-refractivity contribution is 7.58. The van der Waals surface area contributed by atoms with E-state index in [9.17, 15) is 23.8 Å². The summed E-state index contributed by atoms with van der Waals surface area (Å²) in [6.45, 7) is 5.35. The van der Waals surface area contributed by atoms with Crippen molar-refractivity contribution in [2.45, 2.75) is 41.0 Å². The highest BCUT2D eigenvalue weighted by atomic mass is 31.3. The Hall–Kier alpha value is -0.260. The molecule has 0 aliphatic heterocycles. The summed E-state index contributed by atoms with van der Waals surface area (Å²) in [7, 11) is -10.7. The van der Waals surface area contributed by atoms with Crippen LogP contribution in [0.1, 0.15) is 41.0 Å². The lowest BCUT2D eigenvalue weighted by molar-refractivity contribution is -0.339. The van der Waals surface area contributed by atoms with Crippen LogP contribution in [0.25, 0.3) is 0 Å².